The molecule has 2 aromatic rings. The number of benzene rings is 1. The van der Waals surface area contributed by atoms with Gasteiger partial charge in [0.1, 0.15) is 11.5 Å². The van der Waals surface area contributed by atoms with Gasteiger partial charge in [-0.2, -0.15) is 5.10 Å². The SMILES string of the molecule is C=C(C)C1CCC(C)=CC1c1c(O)cc(-c2cnn(C)c2)cc1O. The first kappa shape index (κ1) is 16.4. The molecule has 2 N–H and O–H groups in total. The highest BCUT2D eigenvalue weighted by Crippen LogP contribution is 2.47. The summed E-state index contributed by atoms with van der Waals surface area (Å²) in [4.78, 5) is 0. The summed E-state index contributed by atoms with van der Waals surface area (Å²) in [6.07, 6.45) is 7.75. The molecular weight excluding hydrogens is 300 g/mol. The quantitative estimate of drug-likeness (QED) is 0.816. The Hall–Kier alpha value is -2.49. The van der Waals surface area contributed by atoms with Gasteiger partial charge in [-0.25, -0.2) is 0 Å². The summed E-state index contributed by atoms with van der Waals surface area (Å²) in [6, 6.07) is 3.42. The molecule has 1 aromatic carbocycles. The van der Waals surface area contributed by atoms with E-state index in [4.69, 9.17) is 0 Å². The molecule has 24 heavy (non-hydrogen) atoms. The van der Waals surface area contributed by atoms with Gasteiger partial charge in [-0.05, 0) is 50.3 Å². The van der Waals surface area contributed by atoms with Crippen molar-refractivity contribution in [2.45, 2.75) is 32.6 Å². The summed E-state index contributed by atoms with van der Waals surface area (Å²) >= 11 is 0. The minimum atomic E-state index is -0.0424. The zero-order valence-corrected chi connectivity index (χ0v) is 14.5. The van der Waals surface area contributed by atoms with Crippen molar-refractivity contribution in [2.75, 3.05) is 0 Å². The third-order valence-electron chi connectivity index (χ3n) is 4.89. The van der Waals surface area contributed by atoms with Gasteiger partial charge in [0.25, 0.3) is 0 Å². The van der Waals surface area contributed by atoms with Crippen LogP contribution in [0.4, 0.5) is 0 Å². The standard InChI is InChI=1S/C20H24N2O2/c1-12(2)16-6-5-13(3)7-17(16)20-18(23)8-14(9-19(20)24)15-10-21-22(4)11-15/h7-11,16-17,23-24H,1,5-6H2,2-4H3. The summed E-state index contributed by atoms with van der Waals surface area (Å²) in [7, 11) is 1.84. The van der Waals surface area contributed by atoms with E-state index >= 15 is 0 Å². The largest absolute Gasteiger partial charge is 0.507 e. The van der Waals surface area contributed by atoms with E-state index in [1.807, 2.05) is 20.2 Å². The minimum absolute atomic E-state index is 0.0424. The maximum Gasteiger partial charge on any atom is 0.123 e. The van der Waals surface area contributed by atoms with Crippen LogP contribution >= 0.6 is 0 Å². The van der Waals surface area contributed by atoms with E-state index in [2.05, 4.69) is 24.7 Å². The molecule has 0 fully saturated rings. The molecule has 1 aliphatic rings. The van der Waals surface area contributed by atoms with Crippen LogP contribution in [-0.4, -0.2) is 20.0 Å². The van der Waals surface area contributed by atoms with E-state index in [9.17, 15) is 10.2 Å². The average Bonchev–Trinajstić information content (AvgIpc) is 2.93. The number of rotatable bonds is 3. The monoisotopic (exact) mass is 324 g/mol. The molecule has 4 heteroatoms. The van der Waals surface area contributed by atoms with E-state index in [1.165, 1.54) is 5.57 Å². The Kier molecular flexibility index (Phi) is 4.22. The van der Waals surface area contributed by atoms with E-state index in [1.54, 1.807) is 23.0 Å². The molecular formula is C20H24N2O2. The summed E-state index contributed by atoms with van der Waals surface area (Å²) in [5.41, 5.74) is 4.58. The summed E-state index contributed by atoms with van der Waals surface area (Å²) < 4.78 is 1.70. The Balaban J connectivity index is 2.07. The van der Waals surface area contributed by atoms with Crippen LogP contribution in [0.5, 0.6) is 11.5 Å². The smallest absolute Gasteiger partial charge is 0.123 e. The van der Waals surface area contributed by atoms with Gasteiger partial charge in [-0.15, -0.1) is 0 Å². The fraction of sp³-hybridized carbons (Fsp3) is 0.350. The van der Waals surface area contributed by atoms with Crippen molar-refractivity contribution in [3.05, 3.63) is 53.9 Å². The lowest BCUT2D eigenvalue weighted by molar-refractivity contribution is 0.407. The Morgan fingerprint density at radius 3 is 2.46 bits per heavy atom. The lowest BCUT2D eigenvalue weighted by Crippen LogP contribution is -2.17. The van der Waals surface area contributed by atoms with E-state index < -0.39 is 0 Å². The lowest BCUT2D eigenvalue weighted by atomic mass is 9.73. The molecule has 1 aliphatic carbocycles. The van der Waals surface area contributed by atoms with Gasteiger partial charge in [0.05, 0.1) is 6.20 Å². The number of allylic oxidation sites excluding steroid dienone is 3. The summed E-state index contributed by atoms with van der Waals surface area (Å²) in [6.45, 7) is 8.22. The molecule has 126 valence electrons. The lowest BCUT2D eigenvalue weighted by Gasteiger charge is -2.31. The van der Waals surface area contributed by atoms with Gasteiger partial charge in [0.15, 0.2) is 0 Å². The molecule has 0 saturated heterocycles. The second-order valence-electron chi connectivity index (χ2n) is 6.86. The molecule has 4 nitrogen and oxygen atoms in total. The highest BCUT2D eigenvalue weighted by atomic mass is 16.3. The predicted octanol–water partition coefficient (Wildman–Crippen LogP) is 4.51. The summed E-state index contributed by atoms with van der Waals surface area (Å²) in [5.74, 6) is 0.432. The van der Waals surface area contributed by atoms with Crippen LogP contribution < -0.4 is 0 Å². The number of aromatic hydroxyl groups is 2. The van der Waals surface area contributed by atoms with Gasteiger partial charge in [0, 0.05) is 30.3 Å². The Labute approximate surface area is 142 Å². The molecule has 0 saturated carbocycles. The third-order valence-corrected chi connectivity index (χ3v) is 4.89. The molecule has 1 heterocycles. The van der Waals surface area contributed by atoms with Gasteiger partial charge < -0.3 is 10.2 Å². The number of phenolic OH excluding ortho intramolecular Hbond substituents is 2. The van der Waals surface area contributed by atoms with E-state index in [-0.39, 0.29) is 23.3 Å². The van der Waals surface area contributed by atoms with Crippen LogP contribution in [-0.2, 0) is 7.05 Å². The molecule has 0 amide bonds. The van der Waals surface area contributed by atoms with Gasteiger partial charge >= 0.3 is 0 Å². The van der Waals surface area contributed by atoms with Crippen LogP contribution in [0.2, 0.25) is 0 Å². The highest BCUT2D eigenvalue weighted by Gasteiger charge is 2.30. The Morgan fingerprint density at radius 1 is 1.25 bits per heavy atom. The van der Waals surface area contributed by atoms with Crippen molar-refractivity contribution in [1.29, 1.82) is 0 Å². The van der Waals surface area contributed by atoms with Crippen molar-refractivity contribution >= 4 is 0 Å². The van der Waals surface area contributed by atoms with Crippen LogP contribution in [0.25, 0.3) is 11.1 Å². The molecule has 0 aliphatic heterocycles. The van der Waals surface area contributed by atoms with Crippen molar-refractivity contribution in [3.8, 4) is 22.6 Å². The predicted molar refractivity (Wildman–Crippen MR) is 96.0 cm³/mol. The van der Waals surface area contributed by atoms with E-state index in [0.717, 1.165) is 29.5 Å². The van der Waals surface area contributed by atoms with Crippen LogP contribution in [0.3, 0.4) is 0 Å². The van der Waals surface area contributed by atoms with Crippen LogP contribution in [0, 0.1) is 5.92 Å². The molecule has 2 unspecified atom stereocenters. The van der Waals surface area contributed by atoms with Crippen LogP contribution in [0.15, 0.2) is 48.3 Å². The first-order valence-corrected chi connectivity index (χ1v) is 8.24. The molecule has 2 atom stereocenters. The van der Waals surface area contributed by atoms with Crippen LogP contribution in [0.1, 0.15) is 38.2 Å². The fourth-order valence-electron chi connectivity index (χ4n) is 3.61. The Bertz CT molecular complexity index is 794. The van der Waals surface area contributed by atoms with E-state index in [0.29, 0.717) is 5.56 Å². The number of aryl methyl sites for hydroxylation is 1. The van der Waals surface area contributed by atoms with Gasteiger partial charge in [-0.3, -0.25) is 4.68 Å². The first-order chi connectivity index (χ1) is 11.4. The number of nitrogens with zero attached hydrogens (tertiary/aromatic N) is 2. The Morgan fingerprint density at radius 2 is 1.92 bits per heavy atom. The zero-order valence-electron chi connectivity index (χ0n) is 14.5. The third kappa shape index (κ3) is 2.96. The molecule has 0 bridgehead atoms. The van der Waals surface area contributed by atoms with Crippen molar-refractivity contribution < 1.29 is 10.2 Å². The number of hydrogen-bond acceptors (Lipinski definition) is 3. The highest BCUT2D eigenvalue weighted by molar-refractivity contribution is 5.68. The zero-order chi connectivity index (χ0) is 17.4. The van der Waals surface area contributed by atoms with Crippen molar-refractivity contribution in [2.24, 2.45) is 13.0 Å². The summed E-state index contributed by atoms with van der Waals surface area (Å²) in [5, 5.41) is 25.4. The normalized spacial score (nSPS) is 20.7. The second-order valence-corrected chi connectivity index (χ2v) is 6.86. The van der Waals surface area contributed by atoms with Crippen molar-refractivity contribution in [3.63, 3.8) is 0 Å². The maximum absolute atomic E-state index is 10.6. The average molecular weight is 324 g/mol. The number of hydrogen-bond donors (Lipinski definition) is 2. The van der Waals surface area contributed by atoms with Crippen molar-refractivity contribution in [1.82, 2.24) is 9.78 Å². The van der Waals surface area contributed by atoms with Gasteiger partial charge in [-0.1, -0.05) is 23.8 Å². The maximum atomic E-state index is 10.6. The second kappa shape index (κ2) is 6.19. The first-order valence-electron chi connectivity index (χ1n) is 8.24. The molecule has 0 radical (unpaired) electrons. The molecule has 1 aromatic heterocycles. The number of aromatic nitrogens is 2. The fourth-order valence-corrected chi connectivity index (χ4v) is 3.61. The minimum Gasteiger partial charge on any atom is -0.507 e. The molecule has 0 spiro atoms. The topological polar surface area (TPSA) is 58.3 Å². The molecule has 3 rings (SSSR count). The number of phenols is 2. The van der Waals surface area contributed by atoms with Gasteiger partial charge in [0.2, 0.25) is 0 Å².